The summed E-state index contributed by atoms with van der Waals surface area (Å²) in [5.41, 5.74) is 0. The number of Topliss-reactive ketones (excluding diaryl/α,β-unsaturated/α-hetero) is 2. The average molecular weight is 186 g/mol. The van der Waals surface area contributed by atoms with Crippen LogP contribution in [0.4, 0.5) is 0 Å². The molecule has 78 valence electrons. The Morgan fingerprint density at radius 2 is 1.08 bits per heavy atom. The first-order valence-corrected chi connectivity index (χ1v) is 5.19. The van der Waals surface area contributed by atoms with Gasteiger partial charge >= 0.3 is 0 Å². The molecule has 0 aliphatic rings. The zero-order valence-corrected chi connectivity index (χ0v) is 9.35. The summed E-state index contributed by atoms with van der Waals surface area (Å²) in [6, 6.07) is 0. The molecule has 0 aliphatic heterocycles. The molecule has 0 radical (unpaired) electrons. The summed E-state index contributed by atoms with van der Waals surface area (Å²) in [4.78, 5) is 20.8. The molecule has 0 saturated carbocycles. The van der Waals surface area contributed by atoms with Crippen molar-refractivity contribution in [1.82, 2.24) is 0 Å². The first-order chi connectivity index (χ1) is 6.13. The van der Waals surface area contributed by atoms with E-state index in [1.54, 1.807) is 13.8 Å². The molecule has 0 heterocycles. The first-order valence-electron chi connectivity index (χ1n) is 5.19. The Hall–Kier alpha value is -0.660. The number of carbonyl (C=O) groups is 2. The molecule has 0 saturated heterocycles. The zero-order valence-electron chi connectivity index (χ0n) is 9.35. The van der Waals surface area contributed by atoms with Gasteiger partial charge in [0.15, 0.2) is 11.6 Å². The molecule has 0 bridgehead atoms. The maximum atomic E-state index is 10.4. The van der Waals surface area contributed by atoms with E-state index >= 15 is 0 Å². The SMILES string of the molecule is CCC(=O)C(=O)CC.CCCCC. The van der Waals surface area contributed by atoms with Crippen molar-refractivity contribution < 1.29 is 9.59 Å². The fraction of sp³-hybridized carbons (Fsp3) is 0.818. The predicted molar refractivity (Wildman–Crippen MR) is 55.8 cm³/mol. The molecule has 0 N–H and O–H groups in total. The van der Waals surface area contributed by atoms with Crippen LogP contribution in [-0.4, -0.2) is 11.6 Å². The molecule has 0 aromatic rings. The number of carbonyl (C=O) groups excluding carboxylic acids is 2. The summed E-state index contributed by atoms with van der Waals surface area (Å²) in [6.07, 6.45) is 4.76. The second-order valence-corrected chi connectivity index (χ2v) is 2.91. The van der Waals surface area contributed by atoms with Crippen LogP contribution in [0.15, 0.2) is 0 Å². The lowest BCUT2D eigenvalue weighted by atomic mass is 10.2. The van der Waals surface area contributed by atoms with Crippen molar-refractivity contribution in [3.05, 3.63) is 0 Å². The lowest BCUT2D eigenvalue weighted by molar-refractivity contribution is -0.136. The van der Waals surface area contributed by atoms with E-state index < -0.39 is 0 Å². The summed E-state index contributed by atoms with van der Waals surface area (Å²) < 4.78 is 0. The minimum atomic E-state index is -0.257. The molecule has 2 nitrogen and oxygen atoms in total. The van der Waals surface area contributed by atoms with Crippen molar-refractivity contribution in [3.63, 3.8) is 0 Å². The summed E-state index contributed by atoms with van der Waals surface area (Å²) in [6.45, 7) is 7.80. The molecule has 0 spiro atoms. The molecule has 0 atom stereocenters. The standard InChI is InChI=1S/C6H10O2.C5H12/c1-3-5(7)6(8)4-2;1-3-5-4-2/h3-4H2,1-2H3;3-5H2,1-2H3. The lowest BCUT2D eigenvalue weighted by Gasteiger charge is -1.87. The highest BCUT2D eigenvalue weighted by Crippen LogP contribution is 1.88. The van der Waals surface area contributed by atoms with Crippen LogP contribution in [0.2, 0.25) is 0 Å². The van der Waals surface area contributed by atoms with E-state index in [0.29, 0.717) is 12.8 Å². The van der Waals surface area contributed by atoms with Crippen LogP contribution in [0.5, 0.6) is 0 Å². The van der Waals surface area contributed by atoms with Gasteiger partial charge in [-0.15, -0.1) is 0 Å². The van der Waals surface area contributed by atoms with Crippen LogP contribution in [0.3, 0.4) is 0 Å². The van der Waals surface area contributed by atoms with Gasteiger partial charge in [-0.1, -0.05) is 47.0 Å². The van der Waals surface area contributed by atoms with Crippen molar-refractivity contribution in [2.24, 2.45) is 0 Å². The van der Waals surface area contributed by atoms with E-state index in [9.17, 15) is 9.59 Å². The van der Waals surface area contributed by atoms with E-state index in [2.05, 4.69) is 13.8 Å². The molecule has 0 aromatic heterocycles. The van der Waals surface area contributed by atoms with Crippen LogP contribution in [0.25, 0.3) is 0 Å². The van der Waals surface area contributed by atoms with Crippen LogP contribution in [0, 0.1) is 0 Å². The predicted octanol–water partition coefficient (Wildman–Crippen LogP) is 3.14. The fourth-order valence-electron chi connectivity index (χ4n) is 0.748. The van der Waals surface area contributed by atoms with Crippen molar-refractivity contribution in [2.75, 3.05) is 0 Å². The minimum absolute atomic E-state index is 0.257. The molecule has 0 amide bonds. The van der Waals surface area contributed by atoms with E-state index in [1.165, 1.54) is 19.3 Å². The highest BCUT2D eigenvalue weighted by Gasteiger charge is 2.05. The molecule has 13 heavy (non-hydrogen) atoms. The number of ketones is 2. The molecular formula is C11H22O2. The van der Waals surface area contributed by atoms with Gasteiger partial charge in [0.25, 0.3) is 0 Å². The highest BCUT2D eigenvalue weighted by molar-refractivity contribution is 6.36. The highest BCUT2D eigenvalue weighted by atomic mass is 16.2. The van der Waals surface area contributed by atoms with Crippen LogP contribution >= 0.6 is 0 Å². The Morgan fingerprint density at radius 1 is 0.769 bits per heavy atom. The van der Waals surface area contributed by atoms with Gasteiger partial charge in [-0.2, -0.15) is 0 Å². The monoisotopic (exact) mass is 186 g/mol. The van der Waals surface area contributed by atoms with Gasteiger partial charge in [0, 0.05) is 12.8 Å². The largest absolute Gasteiger partial charge is 0.291 e. The average Bonchev–Trinajstić information content (AvgIpc) is 2.17. The lowest BCUT2D eigenvalue weighted by Crippen LogP contribution is -2.09. The molecule has 2 heteroatoms. The third-order valence-electron chi connectivity index (χ3n) is 1.66. The molecule has 0 aromatic carbocycles. The van der Waals surface area contributed by atoms with Gasteiger partial charge in [0.1, 0.15) is 0 Å². The Morgan fingerprint density at radius 3 is 1.15 bits per heavy atom. The first kappa shape index (κ1) is 14.8. The van der Waals surface area contributed by atoms with Crippen molar-refractivity contribution in [1.29, 1.82) is 0 Å². The van der Waals surface area contributed by atoms with Gasteiger partial charge in [-0.3, -0.25) is 9.59 Å². The Labute approximate surface area is 81.7 Å². The van der Waals surface area contributed by atoms with Gasteiger partial charge in [-0.05, 0) is 0 Å². The molecule has 0 unspecified atom stereocenters. The van der Waals surface area contributed by atoms with Crippen molar-refractivity contribution >= 4 is 11.6 Å². The molecule has 0 rings (SSSR count). The second-order valence-electron chi connectivity index (χ2n) is 2.91. The van der Waals surface area contributed by atoms with Gasteiger partial charge in [-0.25, -0.2) is 0 Å². The molecular weight excluding hydrogens is 164 g/mol. The van der Waals surface area contributed by atoms with Crippen LogP contribution < -0.4 is 0 Å². The Bertz CT molecular complexity index is 123. The summed E-state index contributed by atoms with van der Waals surface area (Å²) in [5, 5.41) is 0. The van der Waals surface area contributed by atoms with Gasteiger partial charge < -0.3 is 0 Å². The Balaban J connectivity index is 0. The van der Waals surface area contributed by atoms with Crippen LogP contribution in [0.1, 0.15) is 59.8 Å². The van der Waals surface area contributed by atoms with E-state index in [0.717, 1.165) is 0 Å². The van der Waals surface area contributed by atoms with E-state index in [4.69, 9.17) is 0 Å². The fourth-order valence-corrected chi connectivity index (χ4v) is 0.748. The number of hydrogen-bond donors (Lipinski definition) is 0. The third-order valence-corrected chi connectivity index (χ3v) is 1.66. The minimum Gasteiger partial charge on any atom is -0.291 e. The van der Waals surface area contributed by atoms with Crippen LogP contribution in [-0.2, 0) is 9.59 Å². The van der Waals surface area contributed by atoms with Gasteiger partial charge in [0.05, 0.1) is 0 Å². The summed E-state index contributed by atoms with van der Waals surface area (Å²) in [5.74, 6) is -0.514. The molecule has 0 aliphatic carbocycles. The third kappa shape index (κ3) is 11.3. The zero-order chi connectivity index (χ0) is 10.7. The van der Waals surface area contributed by atoms with Gasteiger partial charge in [0.2, 0.25) is 0 Å². The van der Waals surface area contributed by atoms with Crippen molar-refractivity contribution in [3.8, 4) is 0 Å². The summed E-state index contributed by atoms with van der Waals surface area (Å²) >= 11 is 0. The maximum Gasteiger partial charge on any atom is 0.198 e. The number of rotatable bonds is 5. The topological polar surface area (TPSA) is 34.1 Å². The smallest absolute Gasteiger partial charge is 0.198 e. The Kier molecular flexibility index (Phi) is 12.9. The number of unbranched alkanes of at least 4 members (excludes halogenated alkanes) is 2. The quantitative estimate of drug-likeness (QED) is 0.618. The van der Waals surface area contributed by atoms with E-state index in [-0.39, 0.29) is 11.6 Å². The normalized spacial score (nSPS) is 8.62. The second kappa shape index (κ2) is 11.3. The van der Waals surface area contributed by atoms with Crippen molar-refractivity contribution in [2.45, 2.75) is 59.8 Å². The number of hydrogen-bond acceptors (Lipinski definition) is 2. The van der Waals surface area contributed by atoms with E-state index in [1.807, 2.05) is 0 Å². The summed E-state index contributed by atoms with van der Waals surface area (Å²) in [7, 11) is 0. The molecule has 0 fully saturated rings. The maximum absolute atomic E-state index is 10.4.